The van der Waals surface area contributed by atoms with Crippen molar-refractivity contribution in [3.8, 4) is 0 Å². The van der Waals surface area contributed by atoms with Crippen molar-refractivity contribution >= 4 is 21.6 Å². The first-order valence-corrected chi connectivity index (χ1v) is 11.2. The second-order valence-corrected chi connectivity index (χ2v) is 9.00. The summed E-state index contributed by atoms with van der Waals surface area (Å²) < 4.78 is 26.4. The van der Waals surface area contributed by atoms with E-state index in [9.17, 15) is 13.2 Å². The highest BCUT2D eigenvalue weighted by molar-refractivity contribution is 7.89. The number of sulfonamides is 1. The second-order valence-electron chi connectivity index (χ2n) is 7.06. The Morgan fingerprint density at radius 1 is 0.964 bits per heavy atom. The van der Waals surface area contributed by atoms with E-state index in [1.807, 2.05) is 38.1 Å². The molecule has 0 heterocycles. The predicted molar refractivity (Wildman–Crippen MR) is 114 cm³/mol. The Morgan fingerprint density at radius 2 is 1.54 bits per heavy atom. The van der Waals surface area contributed by atoms with Crippen LogP contribution in [0.3, 0.4) is 0 Å². The lowest BCUT2D eigenvalue weighted by atomic mass is 10.0. The Morgan fingerprint density at radius 3 is 2.04 bits per heavy atom. The van der Waals surface area contributed by atoms with Crippen molar-refractivity contribution in [3.63, 3.8) is 0 Å². The van der Waals surface area contributed by atoms with Gasteiger partial charge in [0.25, 0.3) is 0 Å². The fraction of sp³-hybridized carbons (Fsp3) is 0.409. The zero-order valence-corrected chi connectivity index (χ0v) is 17.9. The number of carbonyl (C=O) groups is 1. The largest absolute Gasteiger partial charge is 0.326 e. The van der Waals surface area contributed by atoms with Gasteiger partial charge in [0.1, 0.15) is 0 Å². The number of rotatable bonds is 9. The van der Waals surface area contributed by atoms with Gasteiger partial charge in [-0.2, -0.15) is 4.31 Å². The van der Waals surface area contributed by atoms with E-state index in [1.165, 1.54) is 9.87 Å². The lowest BCUT2D eigenvalue weighted by molar-refractivity contribution is -0.116. The molecular weight excluding hydrogens is 372 g/mol. The van der Waals surface area contributed by atoms with Crippen molar-refractivity contribution in [2.24, 2.45) is 0 Å². The van der Waals surface area contributed by atoms with E-state index in [2.05, 4.69) is 19.2 Å². The summed E-state index contributed by atoms with van der Waals surface area (Å²) in [5, 5.41) is 2.90. The molecule has 28 heavy (non-hydrogen) atoms. The smallest absolute Gasteiger partial charge is 0.243 e. The number of anilines is 1. The number of carbonyl (C=O) groups excluding carboxylic acids is 1. The SMILES string of the molecule is CCN(CC)S(=O)(=O)c1ccc(CCC(=O)Nc2ccc(C(C)C)cc2)cc1. The zero-order chi connectivity index (χ0) is 20.7. The molecule has 5 nitrogen and oxygen atoms in total. The molecule has 152 valence electrons. The molecule has 2 aromatic carbocycles. The molecule has 0 atom stereocenters. The summed E-state index contributed by atoms with van der Waals surface area (Å²) in [7, 11) is -3.45. The first kappa shape index (κ1) is 22.1. The van der Waals surface area contributed by atoms with Crippen LogP contribution in [-0.4, -0.2) is 31.7 Å². The molecule has 2 aromatic rings. The molecule has 0 fully saturated rings. The third-order valence-electron chi connectivity index (χ3n) is 4.77. The summed E-state index contributed by atoms with van der Waals surface area (Å²) in [6.07, 6.45) is 0.898. The second kappa shape index (κ2) is 9.85. The molecule has 1 amide bonds. The van der Waals surface area contributed by atoms with Crippen molar-refractivity contribution in [1.29, 1.82) is 0 Å². The maximum absolute atomic E-state index is 12.5. The first-order chi connectivity index (χ1) is 13.3. The van der Waals surface area contributed by atoms with Crippen molar-refractivity contribution in [3.05, 3.63) is 59.7 Å². The molecule has 0 aliphatic heterocycles. The molecule has 1 N–H and O–H groups in total. The molecule has 0 unspecified atom stereocenters. The maximum atomic E-state index is 12.5. The summed E-state index contributed by atoms with van der Waals surface area (Å²) in [5.74, 6) is 0.399. The van der Waals surface area contributed by atoms with Gasteiger partial charge >= 0.3 is 0 Å². The Hall–Kier alpha value is -2.18. The van der Waals surface area contributed by atoms with Crippen LogP contribution in [0, 0.1) is 0 Å². The van der Waals surface area contributed by atoms with Crippen LogP contribution in [0.2, 0.25) is 0 Å². The lowest BCUT2D eigenvalue weighted by Gasteiger charge is -2.18. The van der Waals surface area contributed by atoms with Crippen molar-refractivity contribution in [2.75, 3.05) is 18.4 Å². The highest BCUT2D eigenvalue weighted by Crippen LogP contribution is 2.19. The van der Waals surface area contributed by atoms with Crippen molar-refractivity contribution in [1.82, 2.24) is 4.31 Å². The van der Waals surface area contributed by atoms with Gasteiger partial charge in [-0.05, 0) is 47.7 Å². The van der Waals surface area contributed by atoms with E-state index >= 15 is 0 Å². The maximum Gasteiger partial charge on any atom is 0.243 e. The van der Waals surface area contributed by atoms with E-state index in [-0.39, 0.29) is 10.8 Å². The van der Waals surface area contributed by atoms with Crippen LogP contribution in [0.1, 0.15) is 51.2 Å². The van der Waals surface area contributed by atoms with E-state index in [4.69, 9.17) is 0 Å². The first-order valence-electron chi connectivity index (χ1n) is 9.76. The normalized spacial score (nSPS) is 11.8. The van der Waals surface area contributed by atoms with Gasteiger partial charge in [-0.1, -0.05) is 52.0 Å². The average Bonchev–Trinajstić information content (AvgIpc) is 2.68. The molecule has 0 saturated carbocycles. The fourth-order valence-electron chi connectivity index (χ4n) is 2.97. The zero-order valence-electron chi connectivity index (χ0n) is 17.1. The van der Waals surface area contributed by atoms with Crippen LogP contribution >= 0.6 is 0 Å². The minimum absolute atomic E-state index is 0.0582. The highest BCUT2D eigenvalue weighted by Gasteiger charge is 2.21. The topological polar surface area (TPSA) is 66.5 Å². The van der Waals surface area contributed by atoms with Gasteiger partial charge in [0, 0.05) is 25.2 Å². The summed E-state index contributed by atoms with van der Waals surface area (Å²) in [4.78, 5) is 12.5. The van der Waals surface area contributed by atoms with E-state index in [1.54, 1.807) is 24.3 Å². The van der Waals surface area contributed by atoms with Crippen molar-refractivity contribution in [2.45, 2.75) is 51.3 Å². The van der Waals surface area contributed by atoms with Gasteiger partial charge in [0.2, 0.25) is 15.9 Å². The number of benzene rings is 2. The minimum Gasteiger partial charge on any atom is -0.326 e. The standard InChI is InChI=1S/C22H30N2O3S/c1-5-24(6-2)28(26,27)21-14-7-18(8-15-21)9-16-22(25)23-20-12-10-19(11-13-20)17(3)4/h7-8,10-15,17H,5-6,9,16H2,1-4H3,(H,23,25). The van der Waals surface area contributed by atoms with E-state index < -0.39 is 10.0 Å². The van der Waals surface area contributed by atoms with Crippen LogP contribution in [0.15, 0.2) is 53.4 Å². The van der Waals surface area contributed by atoms with Gasteiger partial charge in [-0.15, -0.1) is 0 Å². The third-order valence-corrected chi connectivity index (χ3v) is 6.83. The number of nitrogens with one attached hydrogen (secondary N) is 1. The number of hydrogen-bond acceptors (Lipinski definition) is 3. The summed E-state index contributed by atoms with van der Waals surface area (Å²) in [5.41, 5.74) is 2.96. The molecular formula is C22H30N2O3S. The molecule has 0 spiro atoms. The quantitative estimate of drug-likeness (QED) is 0.675. The van der Waals surface area contributed by atoms with Crippen LogP contribution < -0.4 is 5.32 Å². The Bertz CT molecular complexity index is 869. The Labute approximate surface area is 168 Å². The summed E-state index contributed by atoms with van der Waals surface area (Å²) >= 11 is 0. The number of aryl methyl sites for hydroxylation is 1. The molecule has 0 radical (unpaired) electrons. The molecule has 0 bridgehead atoms. The van der Waals surface area contributed by atoms with E-state index in [0.717, 1.165) is 11.3 Å². The average molecular weight is 403 g/mol. The molecule has 6 heteroatoms. The van der Waals surface area contributed by atoms with Gasteiger partial charge in [0.05, 0.1) is 4.90 Å². The summed E-state index contributed by atoms with van der Waals surface area (Å²) in [6, 6.07) is 14.7. The van der Waals surface area contributed by atoms with Crippen LogP contribution in [0.25, 0.3) is 0 Å². The third kappa shape index (κ3) is 5.66. The minimum atomic E-state index is -3.45. The van der Waals surface area contributed by atoms with Crippen LogP contribution in [0.4, 0.5) is 5.69 Å². The molecule has 0 aromatic heterocycles. The molecule has 2 rings (SSSR count). The fourth-order valence-corrected chi connectivity index (χ4v) is 4.43. The van der Waals surface area contributed by atoms with Gasteiger partial charge in [-0.3, -0.25) is 4.79 Å². The van der Waals surface area contributed by atoms with Crippen LogP contribution in [0.5, 0.6) is 0 Å². The van der Waals surface area contributed by atoms with Gasteiger partial charge < -0.3 is 5.32 Å². The number of hydrogen-bond donors (Lipinski definition) is 1. The molecule has 0 aliphatic carbocycles. The van der Waals surface area contributed by atoms with Gasteiger partial charge in [-0.25, -0.2) is 8.42 Å². The number of amides is 1. The van der Waals surface area contributed by atoms with Crippen molar-refractivity contribution < 1.29 is 13.2 Å². The predicted octanol–water partition coefficient (Wildman–Crippen LogP) is 4.41. The molecule has 0 saturated heterocycles. The Balaban J connectivity index is 1.93. The monoisotopic (exact) mass is 402 g/mol. The summed E-state index contributed by atoms with van der Waals surface area (Å²) in [6.45, 7) is 8.80. The van der Waals surface area contributed by atoms with E-state index in [0.29, 0.717) is 31.8 Å². The highest BCUT2D eigenvalue weighted by atomic mass is 32.2. The molecule has 0 aliphatic rings. The van der Waals surface area contributed by atoms with Gasteiger partial charge in [0.15, 0.2) is 0 Å². The van der Waals surface area contributed by atoms with Crippen LogP contribution in [-0.2, 0) is 21.2 Å². The Kier molecular flexibility index (Phi) is 7.78. The lowest BCUT2D eigenvalue weighted by Crippen LogP contribution is -2.30. The number of nitrogens with zero attached hydrogens (tertiary/aromatic N) is 1.